The molecule has 0 heterocycles. The van der Waals surface area contributed by atoms with Crippen LogP contribution in [0.5, 0.6) is 5.75 Å². The fraction of sp³-hybridized carbons (Fsp3) is 0.385. The molecule has 0 saturated carbocycles. The Labute approximate surface area is 105 Å². The fourth-order valence-corrected chi connectivity index (χ4v) is 2.43. The molecule has 0 bridgehead atoms. The molecule has 0 aliphatic rings. The summed E-state index contributed by atoms with van der Waals surface area (Å²) in [6, 6.07) is 7.77. The smallest absolute Gasteiger partial charge is 0.322 e. The van der Waals surface area contributed by atoms with Crippen LogP contribution >= 0.6 is 0 Å². The molecule has 0 amide bonds. The van der Waals surface area contributed by atoms with Crippen LogP contribution in [-0.2, 0) is 9.46 Å². The Balaban J connectivity index is 2.75. The first-order valence-electron chi connectivity index (χ1n) is 5.46. The van der Waals surface area contributed by atoms with Crippen LogP contribution in [-0.4, -0.2) is 21.8 Å². The van der Waals surface area contributed by atoms with E-state index >= 15 is 0 Å². The van der Waals surface area contributed by atoms with E-state index in [-0.39, 0.29) is 5.60 Å². The van der Waals surface area contributed by atoms with Crippen LogP contribution in [0.25, 0.3) is 0 Å². The average molecular weight is 251 g/mol. The lowest BCUT2D eigenvalue weighted by Crippen LogP contribution is -2.35. The Hall–Kier alpha value is -1.10. The van der Waals surface area contributed by atoms with Gasteiger partial charge in [0.25, 0.3) is 0 Å². The summed E-state index contributed by atoms with van der Waals surface area (Å²) in [7, 11) is 0.280. The van der Waals surface area contributed by atoms with Crippen LogP contribution in [0.15, 0.2) is 36.5 Å². The molecular weight excluding hydrogens is 232 g/mol. The second kappa shape index (κ2) is 6.00. The second-order valence-corrected chi connectivity index (χ2v) is 6.46. The summed E-state index contributed by atoms with van der Waals surface area (Å²) in [5.74, 6) is 0.811. The minimum absolute atomic E-state index is 0.322. The van der Waals surface area contributed by atoms with Gasteiger partial charge in [-0.1, -0.05) is 17.8 Å². The number of benzene rings is 1. The van der Waals surface area contributed by atoms with Gasteiger partial charge in [0, 0.05) is 0 Å². The zero-order chi connectivity index (χ0) is 12.9. The predicted octanol–water partition coefficient (Wildman–Crippen LogP) is 2.37. The molecule has 0 aliphatic heterocycles. The number of ether oxygens (including phenoxy) is 1. The lowest BCUT2D eigenvalue weighted by Gasteiger charge is -2.21. The van der Waals surface area contributed by atoms with Crippen molar-refractivity contribution in [1.29, 1.82) is 0 Å². The molecule has 93 valence electrons. The third-order valence-corrected chi connectivity index (χ3v) is 3.43. The molecule has 0 saturated heterocycles. The van der Waals surface area contributed by atoms with Gasteiger partial charge in [-0.3, -0.25) is 4.58 Å². The van der Waals surface area contributed by atoms with Crippen molar-refractivity contribution in [3.63, 3.8) is 0 Å². The summed E-state index contributed by atoms with van der Waals surface area (Å²) in [6.07, 6.45) is 0. The molecule has 1 rings (SSSR count). The van der Waals surface area contributed by atoms with Crippen LogP contribution in [0.1, 0.15) is 20.8 Å². The van der Waals surface area contributed by atoms with E-state index in [0.717, 1.165) is 10.9 Å². The Morgan fingerprint density at radius 2 is 2.00 bits per heavy atom. The van der Waals surface area contributed by atoms with Crippen molar-refractivity contribution >= 4 is 14.2 Å². The maximum absolute atomic E-state index is 5.47. The SMILES string of the molecule is C=C[Si](OOC(C)(C)C)c1cccc(OC)c1. The summed E-state index contributed by atoms with van der Waals surface area (Å²) in [6.45, 7) is 9.63. The molecule has 1 radical (unpaired) electrons. The number of hydrogen-bond donors (Lipinski definition) is 0. The van der Waals surface area contributed by atoms with Crippen molar-refractivity contribution in [1.82, 2.24) is 0 Å². The lowest BCUT2D eigenvalue weighted by atomic mass is 10.2. The highest BCUT2D eigenvalue weighted by Crippen LogP contribution is 2.10. The van der Waals surface area contributed by atoms with Crippen LogP contribution < -0.4 is 9.92 Å². The Kier molecular flexibility index (Phi) is 4.93. The van der Waals surface area contributed by atoms with Gasteiger partial charge in [-0.2, -0.15) is 0 Å². The van der Waals surface area contributed by atoms with Crippen molar-refractivity contribution < 1.29 is 14.2 Å². The van der Waals surface area contributed by atoms with Crippen LogP contribution in [0, 0.1) is 0 Å². The third-order valence-electron chi connectivity index (χ3n) is 1.92. The maximum atomic E-state index is 5.47. The minimum atomic E-state index is -1.36. The van der Waals surface area contributed by atoms with Crippen molar-refractivity contribution in [2.45, 2.75) is 26.4 Å². The highest BCUT2D eigenvalue weighted by atomic mass is 28.3. The Bertz CT molecular complexity index is 371. The van der Waals surface area contributed by atoms with E-state index < -0.39 is 9.04 Å². The summed E-state index contributed by atoms with van der Waals surface area (Å²) in [5, 5.41) is 1.05. The summed E-state index contributed by atoms with van der Waals surface area (Å²) in [5.41, 5.74) is 1.48. The van der Waals surface area contributed by atoms with Gasteiger partial charge >= 0.3 is 9.04 Å². The second-order valence-electron chi connectivity index (χ2n) is 4.58. The normalized spacial score (nSPS) is 11.6. The van der Waals surface area contributed by atoms with Gasteiger partial charge in [-0.25, -0.2) is 4.89 Å². The van der Waals surface area contributed by atoms with Gasteiger partial charge in [0.15, 0.2) is 0 Å². The Morgan fingerprint density at radius 1 is 1.29 bits per heavy atom. The lowest BCUT2D eigenvalue weighted by molar-refractivity contribution is -0.278. The first-order chi connectivity index (χ1) is 7.96. The predicted molar refractivity (Wildman–Crippen MR) is 70.5 cm³/mol. The van der Waals surface area contributed by atoms with Crippen LogP contribution in [0.4, 0.5) is 0 Å². The monoisotopic (exact) mass is 251 g/mol. The van der Waals surface area contributed by atoms with E-state index in [1.165, 1.54) is 0 Å². The number of methoxy groups -OCH3 is 1. The molecule has 0 atom stereocenters. The summed E-state index contributed by atoms with van der Waals surface area (Å²) in [4.78, 5) is 5.34. The molecule has 1 aromatic carbocycles. The van der Waals surface area contributed by atoms with Gasteiger partial charge in [0.05, 0.1) is 12.7 Å². The highest BCUT2D eigenvalue weighted by Gasteiger charge is 2.19. The third kappa shape index (κ3) is 4.73. The average Bonchev–Trinajstić information content (AvgIpc) is 2.29. The zero-order valence-corrected chi connectivity index (χ0v) is 11.8. The quantitative estimate of drug-likeness (QED) is 0.457. The fourth-order valence-electron chi connectivity index (χ4n) is 1.15. The molecule has 0 fully saturated rings. The largest absolute Gasteiger partial charge is 0.497 e. The molecule has 0 spiro atoms. The molecule has 0 aliphatic carbocycles. The van der Waals surface area contributed by atoms with Crippen molar-refractivity contribution in [2.75, 3.05) is 7.11 Å². The topological polar surface area (TPSA) is 27.7 Å². The van der Waals surface area contributed by atoms with Crippen molar-refractivity contribution in [3.8, 4) is 5.75 Å². The first-order valence-corrected chi connectivity index (χ1v) is 6.94. The van der Waals surface area contributed by atoms with Gasteiger partial charge in [0.2, 0.25) is 0 Å². The Morgan fingerprint density at radius 3 is 2.53 bits per heavy atom. The standard InChI is InChI=1S/C13H19O3Si/c1-6-17(16-15-13(2,3)4)12-9-7-8-11(10-12)14-5/h6-10H,1H2,2-5H3. The molecule has 4 heteroatoms. The molecule has 0 N–H and O–H groups in total. The molecule has 1 aromatic rings. The van der Waals surface area contributed by atoms with Crippen molar-refractivity contribution in [2.24, 2.45) is 0 Å². The van der Waals surface area contributed by atoms with Crippen molar-refractivity contribution in [3.05, 3.63) is 36.5 Å². The molecule has 0 aromatic heterocycles. The molecule has 3 nitrogen and oxygen atoms in total. The van der Waals surface area contributed by atoms with Gasteiger partial charge in [0.1, 0.15) is 5.75 Å². The van der Waals surface area contributed by atoms with Gasteiger partial charge in [-0.15, -0.1) is 6.58 Å². The first kappa shape index (κ1) is 14.0. The molecule has 17 heavy (non-hydrogen) atoms. The van der Waals surface area contributed by atoms with E-state index in [1.54, 1.807) is 12.8 Å². The maximum Gasteiger partial charge on any atom is 0.322 e. The number of hydrogen-bond acceptors (Lipinski definition) is 3. The molecule has 0 unspecified atom stereocenters. The zero-order valence-electron chi connectivity index (χ0n) is 10.8. The van der Waals surface area contributed by atoms with E-state index in [9.17, 15) is 0 Å². The van der Waals surface area contributed by atoms with Gasteiger partial charge < -0.3 is 4.74 Å². The van der Waals surface area contributed by atoms with Crippen LogP contribution in [0.2, 0.25) is 0 Å². The van der Waals surface area contributed by atoms with Gasteiger partial charge in [-0.05, 0) is 38.1 Å². The summed E-state index contributed by atoms with van der Waals surface area (Å²) >= 11 is 0. The number of rotatable bonds is 5. The van der Waals surface area contributed by atoms with E-state index in [1.807, 2.05) is 45.0 Å². The molecular formula is C13H19O3Si. The van der Waals surface area contributed by atoms with E-state index in [2.05, 4.69) is 6.58 Å². The van der Waals surface area contributed by atoms with E-state index in [4.69, 9.17) is 14.2 Å². The highest BCUT2D eigenvalue weighted by molar-refractivity contribution is 6.71. The minimum Gasteiger partial charge on any atom is -0.497 e. The van der Waals surface area contributed by atoms with Crippen LogP contribution in [0.3, 0.4) is 0 Å². The van der Waals surface area contributed by atoms with E-state index in [0.29, 0.717) is 0 Å². The summed E-state index contributed by atoms with van der Waals surface area (Å²) < 4.78 is 10.7.